The van der Waals surface area contributed by atoms with Crippen LogP contribution in [-0.2, 0) is 9.53 Å². The van der Waals surface area contributed by atoms with Crippen molar-refractivity contribution in [3.8, 4) is 5.75 Å². The van der Waals surface area contributed by atoms with Crippen LogP contribution < -0.4 is 5.32 Å². The van der Waals surface area contributed by atoms with Crippen molar-refractivity contribution < 1.29 is 24.5 Å². The minimum Gasteiger partial charge on any atom is -0.507 e. The highest BCUT2D eigenvalue weighted by Gasteiger charge is 2.22. The van der Waals surface area contributed by atoms with Gasteiger partial charge >= 0.3 is 5.97 Å². The maximum absolute atomic E-state index is 11.9. The number of aromatic hydroxyl groups is 1. The van der Waals surface area contributed by atoms with Crippen molar-refractivity contribution in [2.75, 3.05) is 18.5 Å². The van der Waals surface area contributed by atoms with E-state index in [0.29, 0.717) is 18.9 Å². The van der Waals surface area contributed by atoms with Crippen LogP contribution in [0.25, 0.3) is 0 Å². The Morgan fingerprint density at radius 1 is 1.37 bits per heavy atom. The lowest BCUT2D eigenvalue weighted by Crippen LogP contribution is -2.30. The molecule has 1 atom stereocenters. The molecule has 0 bridgehead atoms. The lowest BCUT2D eigenvalue weighted by atomic mass is 10.0. The Labute approximate surface area is 110 Å². The number of benzene rings is 1. The Kier molecular flexibility index (Phi) is 4.01. The Morgan fingerprint density at radius 2 is 2.16 bits per heavy atom. The van der Waals surface area contributed by atoms with Gasteiger partial charge in [0.15, 0.2) is 0 Å². The molecule has 19 heavy (non-hydrogen) atoms. The summed E-state index contributed by atoms with van der Waals surface area (Å²) in [4.78, 5) is 22.6. The van der Waals surface area contributed by atoms with Crippen LogP contribution in [0.15, 0.2) is 18.2 Å². The SMILES string of the molecule is O=C(O)c1ccc(NC(=O)C2CCCOC2)cc1O. The molecule has 1 aliphatic heterocycles. The topological polar surface area (TPSA) is 95.9 Å². The van der Waals surface area contributed by atoms with E-state index in [4.69, 9.17) is 9.84 Å². The summed E-state index contributed by atoms with van der Waals surface area (Å²) < 4.78 is 5.23. The number of carbonyl (C=O) groups is 2. The summed E-state index contributed by atoms with van der Waals surface area (Å²) in [5.74, 6) is -1.96. The Hall–Kier alpha value is -2.08. The number of carboxylic acids is 1. The largest absolute Gasteiger partial charge is 0.507 e. The number of carbonyl (C=O) groups excluding carboxylic acids is 1. The number of anilines is 1. The molecule has 0 radical (unpaired) electrons. The highest BCUT2D eigenvalue weighted by Crippen LogP contribution is 2.23. The van der Waals surface area contributed by atoms with Crippen LogP contribution >= 0.6 is 0 Å². The molecule has 1 amide bonds. The van der Waals surface area contributed by atoms with Crippen molar-refractivity contribution in [2.45, 2.75) is 12.8 Å². The molecule has 2 rings (SSSR count). The summed E-state index contributed by atoms with van der Waals surface area (Å²) in [6.07, 6.45) is 1.62. The molecule has 0 saturated carbocycles. The van der Waals surface area contributed by atoms with Gasteiger partial charge in [0, 0.05) is 18.4 Å². The fraction of sp³-hybridized carbons (Fsp3) is 0.385. The number of hydrogen-bond acceptors (Lipinski definition) is 4. The maximum Gasteiger partial charge on any atom is 0.339 e. The van der Waals surface area contributed by atoms with E-state index in [0.717, 1.165) is 12.8 Å². The molecular formula is C13H15NO5. The van der Waals surface area contributed by atoms with Gasteiger partial charge in [0.1, 0.15) is 11.3 Å². The number of aromatic carboxylic acids is 1. The average Bonchev–Trinajstić information content (AvgIpc) is 2.39. The van der Waals surface area contributed by atoms with Crippen LogP contribution in [0.4, 0.5) is 5.69 Å². The predicted molar refractivity (Wildman–Crippen MR) is 67.2 cm³/mol. The summed E-state index contributed by atoms with van der Waals surface area (Å²) in [7, 11) is 0. The van der Waals surface area contributed by atoms with E-state index in [-0.39, 0.29) is 23.1 Å². The van der Waals surface area contributed by atoms with Crippen LogP contribution in [0.2, 0.25) is 0 Å². The Bertz CT molecular complexity index is 494. The molecule has 0 aliphatic carbocycles. The average molecular weight is 265 g/mol. The van der Waals surface area contributed by atoms with E-state index in [1.807, 2.05) is 0 Å². The molecule has 1 fully saturated rings. The van der Waals surface area contributed by atoms with E-state index in [2.05, 4.69) is 5.32 Å². The molecule has 3 N–H and O–H groups in total. The van der Waals surface area contributed by atoms with Gasteiger partial charge in [0.05, 0.1) is 12.5 Å². The Morgan fingerprint density at radius 3 is 2.74 bits per heavy atom. The second-order valence-corrected chi connectivity index (χ2v) is 4.44. The standard InChI is InChI=1S/C13H15NO5/c15-11-6-9(3-4-10(11)13(17)18)14-12(16)8-2-1-5-19-7-8/h3-4,6,8,15H,1-2,5,7H2,(H,14,16)(H,17,18). The second kappa shape index (κ2) is 5.71. The molecule has 1 aromatic rings. The summed E-state index contributed by atoms with van der Waals surface area (Å²) in [5.41, 5.74) is 0.178. The van der Waals surface area contributed by atoms with Gasteiger partial charge < -0.3 is 20.3 Å². The van der Waals surface area contributed by atoms with E-state index >= 15 is 0 Å². The lowest BCUT2D eigenvalue weighted by molar-refractivity contribution is -0.123. The number of hydrogen-bond donors (Lipinski definition) is 3. The zero-order valence-electron chi connectivity index (χ0n) is 10.3. The highest BCUT2D eigenvalue weighted by atomic mass is 16.5. The second-order valence-electron chi connectivity index (χ2n) is 4.44. The Balaban J connectivity index is 2.04. The third kappa shape index (κ3) is 3.23. The monoisotopic (exact) mass is 265 g/mol. The van der Waals surface area contributed by atoms with Crippen molar-refractivity contribution in [1.82, 2.24) is 0 Å². The quantitative estimate of drug-likeness (QED) is 0.768. The fourth-order valence-corrected chi connectivity index (χ4v) is 1.98. The van der Waals surface area contributed by atoms with Crippen molar-refractivity contribution in [3.63, 3.8) is 0 Å². The first kappa shape index (κ1) is 13.4. The lowest BCUT2D eigenvalue weighted by Gasteiger charge is -2.21. The minimum absolute atomic E-state index is 0.179. The smallest absolute Gasteiger partial charge is 0.339 e. The third-order valence-electron chi connectivity index (χ3n) is 3.03. The van der Waals surface area contributed by atoms with Crippen molar-refractivity contribution in [1.29, 1.82) is 0 Å². The molecule has 0 spiro atoms. The molecule has 0 aromatic heterocycles. The van der Waals surface area contributed by atoms with Crippen LogP contribution in [0.3, 0.4) is 0 Å². The van der Waals surface area contributed by atoms with E-state index in [1.54, 1.807) is 0 Å². The number of nitrogens with one attached hydrogen (secondary N) is 1. The number of rotatable bonds is 3. The highest BCUT2D eigenvalue weighted by molar-refractivity contribution is 5.95. The molecule has 1 heterocycles. The summed E-state index contributed by atoms with van der Waals surface area (Å²) in [5, 5.41) is 21.0. The number of carboxylic acid groups (broad SMARTS) is 1. The van der Waals surface area contributed by atoms with Gasteiger partial charge in [-0.3, -0.25) is 4.79 Å². The van der Waals surface area contributed by atoms with Crippen molar-refractivity contribution in [3.05, 3.63) is 23.8 Å². The van der Waals surface area contributed by atoms with Gasteiger partial charge in [0.25, 0.3) is 0 Å². The molecule has 6 heteroatoms. The van der Waals surface area contributed by atoms with E-state index < -0.39 is 5.97 Å². The van der Waals surface area contributed by atoms with E-state index in [1.165, 1.54) is 18.2 Å². The molecule has 1 unspecified atom stereocenters. The van der Waals surface area contributed by atoms with Gasteiger partial charge in [-0.15, -0.1) is 0 Å². The first-order valence-corrected chi connectivity index (χ1v) is 6.03. The van der Waals surface area contributed by atoms with Crippen LogP contribution in [0.5, 0.6) is 5.75 Å². The third-order valence-corrected chi connectivity index (χ3v) is 3.03. The molecule has 1 saturated heterocycles. The van der Waals surface area contributed by atoms with Crippen LogP contribution in [0, 0.1) is 5.92 Å². The zero-order valence-corrected chi connectivity index (χ0v) is 10.3. The van der Waals surface area contributed by atoms with Crippen LogP contribution in [-0.4, -0.2) is 35.3 Å². The van der Waals surface area contributed by atoms with Gasteiger partial charge in [-0.1, -0.05) is 0 Å². The predicted octanol–water partition coefficient (Wildman–Crippen LogP) is 1.46. The molecular weight excluding hydrogens is 250 g/mol. The van der Waals surface area contributed by atoms with Gasteiger partial charge in [-0.25, -0.2) is 4.79 Å². The number of phenols is 1. The fourth-order valence-electron chi connectivity index (χ4n) is 1.98. The molecule has 102 valence electrons. The maximum atomic E-state index is 11.9. The van der Waals surface area contributed by atoms with Gasteiger partial charge in [0.2, 0.25) is 5.91 Å². The van der Waals surface area contributed by atoms with Gasteiger partial charge in [-0.05, 0) is 25.0 Å². The summed E-state index contributed by atoms with van der Waals surface area (Å²) >= 11 is 0. The number of amides is 1. The first-order chi connectivity index (χ1) is 9.08. The van der Waals surface area contributed by atoms with Crippen molar-refractivity contribution >= 4 is 17.6 Å². The molecule has 6 nitrogen and oxygen atoms in total. The zero-order chi connectivity index (χ0) is 13.8. The van der Waals surface area contributed by atoms with Gasteiger partial charge in [-0.2, -0.15) is 0 Å². The van der Waals surface area contributed by atoms with E-state index in [9.17, 15) is 14.7 Å². The normalized spacial score (nSPS) is 18.8. The number of ether oxygens (including phenoxy) is 1. The minimum atomic E-state index is -1.21. The first-order valence-electron chi connectivity index (χ1n) is 6.03. The van der Waals surface area contributed by atoms with Crippen molar-refractivity contribution in [2.24, 2.45) is 5.92 Å². The summed E-state index contributed by atoms with van der Waals surface area (Å²) in [6, 6.07) is 3.93. The molecule has 1 aliphatic rings. The summed E-state index contributed by atoms with van der Waals surface area (Å²) in [6.45, 7) is 1.07. The van der Waals surface area contributed by atoms with Crippen LogP contribution in [0.1, 0.15) is 23.2 Å². The molecule has 1 aromatic carbocycles.